The summed E-state index contributed by atoms with van der Waals surface area (Å²) >= 11 is 1.24. The Morgan fingerprint density at radius 2 is 1.88 bits per heavy atom. The number of carbonyl (C=O) groups excluding carboxylic acids is 2. The average molecular weight is 373 g/mol. The van der Waals surface area contributed by atoms with Gasteiger partial charge in [0.2, 0.25) is 11.8 Å². The molecule has 134 valence electrons. The highest BCUT2D eigenvalue weighted by Crippen LogP contribution is 2.29. The summed E-state index contributed by atoms with van der Waals surface area (Å²) in [4.78, 5) is 28.5. The van der Waals surface area contributed by atoms with Gasteiger partial charge >= 0.3 is 0 Å². The smallest absolute Gasteiger partial charge is 0.284 e. The first-order valence-electron chi connectivity index (χ1n) is 7.44. The molecule has 2 amide bonds. The fraction of sp³-hybridized carbons (Fsp3) is 0.118. The third-order valence-electron chi connectivity index (χ3n) is 3.58. The van der Waals surface area contributed by atoms with Crippen LogP contribution in [0.15, 0.2) is 36.4 Å². The quantitative estimate of drug-likeness (QED) is 0.469. The summed E-state index contributed by atoms with van der Waals surface area (Å²) in [6, 6.07) is 10.0. The number of ether oxygens (including phenoxy) is 2. The van der Waals surface area contributed by atoms with Crippen LogP contribution >= 0.6 is 11.3 Å². The summed E-state index contributed by atoms with van der Waals surface area (Å²) in [5.74, 6) is -0.473. The van der Waals surface area contributed by atoms with Crippen LogP contribution in [0, 0.1) is 0 Å². The van der Waals surface area contributed by atoms with Crippen LogP contribution in [0.1, 0.15) is 20.0 Å². The molecule has 1 aromatic carbocycles. The Morgan fingerprint density at radius 3 is 2.58 bits per heavy atom. The molecule has 0 saturated heterocycles. The van der Waals surface area contributed by atoms with Gasteiger partial charge in [0.25, 0.3) is 11.8 Å². The van der Waals surface area contributed by atoms with Gasteiger partial charge in [0.1, 0.15) is 5.56 Å². The molecule has 0 aliphatic carbocycles. The average Bonchev–Trinajstić information content (AvgIpc) is 3.10. The van der Waals surface area contributed by atoms with E-state index in [0.717, 1.165) is 10.1 Å². The Kier molecular flexibility index (Phi) is 5.01. The van der Waals surface area contributed by atoms with Crippen molar-refractivity contribution in [2.24, 2.45) is 0 Å². The number of hydroxylamine groups is 1. The third kappa shape index (κ3) is 3.44. The number of carbonyl (C=O) groups is 2. The molecule has 0 fully saturated rings. The fourth-order valence-electron chi connectivity index (χ4n) is 2.35. The highest BCUT2D eigenvalue weighted by Gasteiger charge is 2.16. The molecule has 0 bridgehead atoms. The molecule has 0 spiro atoms. The molecule has 3 aromatic rings. The minimum absolute atomic E-state index is 0.153. The molecule has 0 atom stereocenters. The van der Waals surface area contributed by atoms with Crippen molar-refractivity contribution in [3.63, 3.8) is 0 Å². The zero-order chi connectivity index (χ0) is 18.7. The number of pyridine rings is 1. The van der Waals surface area contributed by atoms with E-state index in [0.29, 0.717) is 16.4 Å². The summed E-state index contributed by atoms with van der Waals surface area (Å²) in [6.45, 7) is 0. The Hall–Kier alpha value is -3.17. The van der Waals surface area contributed by atoms with E-state index in [1.165, 1.54) is 25.6 Å². The van der Waals surface area contributed by atoms with Gasteiger partial charge in [-0.1, -0.05) is 0 Å². The lowest BCUT2D eigenvalue weighted by Gasteiger charge is -2.10. The molecule has 0 aliphatic rings. The van der Waals surface area contributed by atoms with Crippen molar-refractivity contribution in [3.05, 3.63) is 46.8 Å². The Balaban J connectivity index is 1.86. The minimum atomic E-state index is -0.578. The predicted octanol–water partition coefficient (Wildman–Crippen LogP) is 2.68. The lowest BCUT2D eigenvalue weighted by Crippen LogP contribution is -2.16. The summed E-state index contributed by atoms with van der Waals surface area (Å²) < 4.78 is 11.0. The molecule has 2 aromatic heterocycles. The number of hydrogen-bond donors (Lipinski definition) is 3. The van der Waals surface area contributed by atoms with Crippen molar-refractivity contribution < 1.29 is 24.3 Å². The maximum absolute atomic E-state index is 12.5. The molecule has 0 unspecified atom stereocenters. The van der Waals surface area contributed by atoms with Gasteiger partial charge in [-0.2, -0.15) is 4.98 Å². The molecule has 8 nitrogen and oxygen atoms in total. The number of anilines is 1. The number of rotatable bonds is 5. The van der Waals surface area contributed by atoms with Crippen LogP contribution in [-0.4, -0.2) is 36.2 Å². The largest absolute Gasteiger partial charge is 0.481 e. The number of aromatic nitrogens is 1. The maximum atomic E-state index is 12.5. The number of nitrogens with zero attached hydrogens (tertiary/aromatic N) is 1. The molecule has 0 radical (unpaired) electrons. The van der Waals surface area contributed by atoms with Gasteiger partial charge in [0, 0.05) is 16.5 Å². The van der Waals surface area contributed by atoms with E-state index < -0.39 is 5.91 Å². The van der Waals surface area contributed by atoms with Gasteiger partial charge in [-0.3, -0.25) is 14.8 Å². The van der Waals surface area contributed by atoms with Crippen LogP contribution in [0.2, 0.25) is 0 Å². The second-order valence-corrected chi connectivity index (χ2v) is 6.25. The standard InChI is InChI=1S/C17H15N3O5S/c1-24-14-6-4-11(17(19-14)25-2)15(21)18-10-3-5-12-9(7-10)8-13(26-12)16(22)20-23/h3-8,23H,1-2H3,(H,18,21)(H,20,22). The first kappa shape index (κ1) is 17.6. The maximum Gasteiger partial charge on any atom is 0.284 e. The Labute approximate surface area is 152 Å². The highest BCUT2D eigenvalue weighted by atomic mass is 32.1. The van der Waals surface area contributed by atoms with E-state index >= 15 is 0 Å². The molecule has 0 saturated carbocycles. The first-order valence-corrected chi connectivity index (χ1v) is 8.25. The van der Waals surface area contributed by atoms with Crippen LogP contribution < -0.4 is 20.3 Å². The van der Waals surface area contributed by atoms with Crippen molar-refractivity contribution in [1.82, 2.24) is 10.5 Å². The number of benzene rings is 1. The third-order valence-corrected chi connectivity index (χ3v) is 4.70. The van der Waals surface area contributed by atoms with Crippen molar-refractivity contribution in [1.29, 1.82) is 0 Å². The molecule has 3 rings (SSSR count). The van der Waals surface area contributed by atoms with Crippen LogP contribution in [-0.2, 0) is 0 Å². The second-order valence-electron chi connectivity index (χ2n) is 5.17. The van der Waals surface area contributed by atoms with Crippen LogP contribution in [0.3, 0.4) is 0 Å². The van der Waals surface area contributed by atoms with Crippen molar-refractivity contribution in [2.45, 2.75) is 0 Å². The SMILES string of the molecule is COc1ccc(C(=O)Nc2ccc3sc(C(=O)NO)cc3c2)c(OC)n1. The van der Waals surface area contributed by atoms with Gasteiger partial charge in [-0.05, 0) is 35.7 Å². The molecule has 0 aliphatic heterocycles. The van der Waals surface area contributed by atoms with Gasteiger partial charge in [-0.15, -0.1) is 11.3 Å². The lowest BCUT2D eigenvalue weighted by molar-refractivity contribution is 0.0711. The van der Waals surface area contributed by atoms with Crippen molar-refractivity contribution in [2.75, 3.05) is 19.5 Å². The first-order chi connectivity index (χ1) is 12.5. The summed E-state index contributed by atoms with van der Waals surface area (Å²) in [5, 5.41) is 12.3. The topological polar surface area (TPSA) is 110 Å². The molecular formula is C17H15N3O5S. The van der Waals surface area contributed by atoms with E-state index in [-0.39, 0.29) is 17.4 Å². The number of amides is 2. The second kappa shape index (κ2) is 7.38. The van der Waals surface area contributed by atoms with Crippen molar-refractivity contribution in [3.8, 4) is 11.8 Å². The number of methoxy groups -OCH3 is 2. The summed E-state index contributed by atoms with van der Waals surface area (Å²) in [5.41, 5.74) is 2.42. The normalized spacial score (nSPS) is 10.4. The molecule has 9 heteroatoms. The van der Waals surface area contributed by atoms with E-state index in [9.17, 15) is 9.59 Å². The van der Waals surface area contributed by atoms with Gasteiger partial charge in [0.15, 0.2) is 0 Å². The Morgan fingerprint density at radius 1 is 1.08 bits per heavy atom. The molecule has 26 heavy (non-hydrogen) atoms. The zero-order valence-corrected chi connectivity index (χ0v) is 14.7. The molecule has 2 heterocycles. The van der Waals surface area contributed by atoms with E-state index in [1.54, 1.807) is 41.9 Å². The van der Waals surface area contributed by atoms with E-state index in [2.05, 4.69) is 10.3 Å². The van der Waals surface area contributed by atoms with Gasteiger partial charge < -0.3 is 14.8 Å². The number of nitrogens with one attached hydrogen (secondary N) is 2. The highest BCUT2D eigenvalue weighted by molar-refractivity contribution is 7.20. The van der Waals surface area contributed by atoms with Gasteiger partial charge in [0.05, 0.1) is 19.1 Å². The summed E-state index contributed by atoms with van der Waals surface area (Å²) in [7, 11) is 2.90. The van der Waals surface area contributed by atoms with E-state index in [1.807, 2.05) is 0 Å². The zero-order valence-electron chi connectivity index (χ0n) is 13.9. The molecular weight excluding hydrogens is 358 g/mol. The lowest BCUT2D eigenvalue weighted by atomic mass is 10.2. The number of thiophene rings is 1. The monoisotopic (exact) mass is 373 g/mol. The number of fused-ring (bicyclic) bond motifs is 1. The Bertz CT molecular complexity index is 986. The molecule has 3 N–H and O–H groups in total. The number of hydrogen-bond acceptors (Lipinski definition) is 7. The van der Waals surface area contributed by atoms with E-state index in [4.69, 9.17) is 14.7 Å². The van der Waals surface area contributed by atoms with Crippen LogP contribution in [0.25, 0.3) is 10.1 Å². The summed E-state index contributed by atoms with van der Waals surface area (Å²) in [6.07, 6.45) is 0. The van der Waals surface area contributed by atoms with Crippen molar-refractivity contribution >= 4 is 38.9 Å². The predicted molar refractivity (Wildman–Crippen MR) is 96.4 cm³/mol. The van der Waals surface area contributed by atoms with Gasteiger partial charge in [-0.25, -0.2) is 5.48 Å². The van der Waals surface area contributed by atoms with Crippen LogP contribution in [0.5, 0.6) is 11.8 Å². The minimum Gasteiger partial charge on any atom is -0.481 e. The van der Waals surface area contributed by atoms with Crippen LogP contribution in [0.4, 0.5) is 5.69 Å². The fourth-order valence-corrected chi connectivity index (χ4v) is 3.29.